The Labute approximate surface area is 237 Å². The maximum atomic E-state index is 12.9. The summed E-state index contributed by atoms with van der Waals surface area (Å²) in [5.74, 6) is 1.69. The van der Waals surface area contributed by atoms with Gasteiger partial charge in [-0.1, -0.05) is 54.6 Å². The molecule has 1 aliphatic rings. The van der Waals surface area contributed by atoms with Gasteiger partial charge in [0.25, 0.3) is 5.56 Å². The molecule has 1 aliphatic heterocycles. The van der Waals surface area contributed by atoms with Crippen LogP contribution in [-0.4, -0.2) is 22.3 Å². The minimum absolute atomic E-state index is 0.0649. The Morgan fingerprint density at radius 2 is 1.42 bits per heavy atom. The highest BCUT2D eigenvalue weighted by molar-refractivity contribution is 14.1. The molecule has 0 radical (unpaired) electrons. The van der Waals surface area contributed by atoms with E-state index in [4.69, 9.17) is 9.72 Å². The molecule has 0 unspecified atom stereocenters. The number of hydrogen-bond acceptors (Lipinski definition) is 3. The molecule has 0 saturated carbocycles. The lowest BCUT2D eigenvalue weighted by atomic mass is 10.2. The van der Waals surface area contributed by atoms with E-state index in [-0.39, 0.29) is 5.56 Å². The number of aryl methyl sites for hydroxylation is 1. The quantitative estimate of drug-likeness (QED) is 0.125. The summed E-state index contributed by atoms with van der Waals surface area (Å²) in [5.41, 5.74) is 0.799. The van der Waals surface area contributed by atoms with E-state index in [1.54, 1.807) is 0 Å². The van der Waals surface area contributed by atoms with E-state index < -0.39 is 7.26 Å². The maximum Gasteiger partial charge on any atom is 0.261 e. The first kappa shape index (κ1) is 25.3. The molecule has 0 saturated heterocycles. The number of benzene rings is 4. The minimum Gasteiger partial charge on any atom is -0.492 e. The van der Waals surface area contributed by atoms with Gasteiger partial charge >= 0.3 is 0 Å². The van der Waals surface area contributed by atoms with Gasteiger partial charge in [-0.15, -0.1) is 0 Å². The Balaban J connectivity index is 1.30. The van der Waals surface area contributed by atoms with Gasteiger partial charge in [-0.3, -0.25) is 9.36 Å². The second-order valence-corrected chi connectivity index (χ2v) is 14.4. The zero-order chi connectivity index (χ0) is 26.0. The summed E-state index contributed by atoms with van der Waals surface area (Å²) in [6.07, 6.45) is 3.74. The summed E-state index contributed by atoms with van der Waals surface area (Å²) in [5, 5.41) is 4.83. The van der Waals surface area contributed by atoms with E-state index in [0.29, 0.717) is 12.0 Å². The van der Waals surface area contributed by atoms with Crippen molar-refractivity contribution in [3.63, 3.8) is 0 Å². The molecule has 0 spiro atoms. The van der Waals surface area contributed by atoms with Crippen LogP contribution in [0.3, 0.4) is 0 Å². The fourth-order valence-corrected chi connectivity index (χ4v) is 10.5. The van der Waals surface area contributed by atoms with Crippen molar-refractivity contribution in [3.05, 3.63) is 123 Å². The summed E-state index contributed by atoms with van der Waals surface area (Å²) in [6, 6.07) is 36.7. The number of halogens is 1. The first-order chi connectivity index (χ1) is 18.7. The Bertz CT molecular complexity index is 1530. The molecule has 2 heterocycles. The lowest BCUT2D eigenvalue weighted by Crippen LogP contribution is -2.33. The highest BCUT2D eigenvalue weighted by Gasteiger charge is 2.44. The monoisotopic (exact) mass is 631 g/mol. The molecular weight excluding hydrogens is 602 g/mol. The predicted molar refractivity (Wildman–Crippen MR) is 167 cm³/mol. The van der Waals surface area contributed by atoms with Gasteiger partial charge in [-0.25, -0.2) is 4.98 Å². The molecule has 0 aliphatic carbocycles. The topological polar surface area (TPSA) is 44.1 Å². The first-order valence-electron chi connectivity index (χ1n) is 13.1. The van der Waals surface area contributed by atoms with Crippen molar-refractivity contribution in [2.24, 2.45) is 0 Å². The van der Waals surface area contributed by atoms with Crippen LogP contribution >= 0.6 is 29.9 Å². The number of nitrogens with zero attached hydrogens (tertiary/aromatic N) is 2. The van der Waals surface area contributed by atoms with Crippen molar-refractivity contribution in [2.45, 2.75) is 25.8 Å². The zero-order valence-corrected chi connectivity index (χ0v) is 24.1. The molecule has 5 aromatic rings. The molecule has 4 nitrogen and oxygen atoms in total. The second kappa shape index (κ2) is 11.0. The van der Waals surface area contributed by atoms with Crippen molar-refractivity contribution in [3.8, 4) is 5.75 Å². The van der Waals surface area contributed by atoms with Gasteiger partial charge in [0.05, 0.1) is 27.2 Å². The summed E-state index contributed by atoms with van der Waals surface area (Å²) in [7, 11) is -1.88. The van der Waals surface area contributed by atoms with E-state index >= 15 is 0 Å². The van der Waals surface area contributed by atoms with Crippen molar-refractivity contribution in [1.82, 2.24) is 9.55 Å². The maximum absolute atomic E-state index is 12.9. The molecule has 190 valence electrons. The number of hydrogen-bond donors (Lipinski definition) is 0. The fourth-order valence-electron chi connectivity index (χ4n) is 5.56. The molecule has 0 amide bonds. The van der Waals surface area contributed by atoms with Gasteiger partial charge in [0, 0.05) is 25.5 Å². The van der Waals surface area contributed by atoms with Crippen LogP contribution in [-0.2, 0) is 13.0 Å². The van der Waals surface area contributed by atoms with Gasteiger partial charge in [0.1, 0.15) is 34.8 Å². The van der Waals surface area contributed by atoms with Gasteiger partial charge in [0.15, 0.2) is 0 Å². The molecule has 0 fully saturated rings. The fraction of sp³-hybridized carbons (Fsp3) is 0.188. The van der Waals surface area contributed by atoms with Crippen LogP contribution < -0.4 is 26.2 Å². The SMILES string of the molecule is O=c1c2cc(I)c(OCCC[P+](c3ccccc3)(c3ccccc3)c3ccccc3)cc2nc2n1CCC2. The van der Waals surface area contributed by atoms with E-state index in [0.717, 1.165) is 52.6 Å². The van der Waals surface area contributed by atoms with Crippen LogP contribution in [0.15, 0.2) is 108 Å². The van der Waals surface area contributed by atoms with Crippen molar-refractivity contribution in [1.29, 1.82) is 0 Å². The number of ether oxygens (including phenoxy) is 1. The van der Waals surface area contributed by atoms with E-state index in [1.165, 1.54) is 15.9 Å². The van der Waals surface area contributed by atoms with Gasteiger partial charge in [-0.05, 0) is 71.5 Å². The van der Waals surface area contributed by atoms with Crippen LogP contribution in [0, 0.1) is 3.57 Å². The third kappa shape index (κ3) is 4.67. The molecular formula is C32H29IN2O2P+. The molecule has 6 rings (SSSR count). The van der Waals surface area contributed by atoms with E-state index in [2.05, 4.69) is 114 Å². The third-order valence-electron chi connectivity index (χ3n) is 7.36. The lowest BCUT2D eigenvalue weighted by molar-refractivity contribution is 0.316. The van der Waals surface area contributed by atoms with Crippen molar-refractivity contribution in [2.75, 3.05) is 12.8 Å². The minimum atomic E-state index is -1.88. The van der Waals surface area contributed by atoms with Crippen LogP contribution in [0.5, 0.6) is 5.75 Å². The lowest BCUT2D eigenvalue weighted by Gasteiger charge is -2.27. The van der Waals surface area contributed by atoms with Crippen LogP contribution in [0.25, 0.3) is 10.9 Å². The van der Waals surface area contributed by atoms with E-state index in [9.17, 15) is 4.79 Å². The zero-order valence-electron chi connectivity index (χ0n) is 21.1. The van der Waals surface area contributed by atoms with Gasteiger partial charge < -0.3 is 4.74 Å². The normalized spacial score (nSPS) is 13.0. The third-order valence-corrected chi connectivity index (χ3v) is 12.7. The highest BCUT2D eigenvalue weighted by atomic mass is 127. The Kier molecular flexibility index (Phi) is 7.31. The standard InChI is InChI=1S/C32H29IN2O2P/c33-28-22-27-29(34-31-18-10-19-35(31)32(27)36)23-30(28)37-20-11-21-38(24-12-4-1-5-13-24,25-14-6-2-7-15-25)26-16-8-3-9-17-26/h1-9,12-17,22-23H,10-11,18-21H2/q+1. The molecule has 0 bridgehead atoms. The van der Waals surface area contributed by atoms with Crippen molar-refractivity contribution < 1.29 is 4.74 Å². The predicted octanol–water partition coefficient (Wildman–Crippen LogP) is 5.71. The van der Waals surface area contributed by atoms with Gasteiger partial charge in [0.2, 0.25) is 0 Å². The van der Waals surface area contributed by atoms with Crippen LogP contribution in [0.1, 0.15) is 18.7 Å². The largest absolute Gasteiger partial charge is 0.492 e. The summed E-state index contributed by atoms with van der Waals surface area (Å²) >= 11 is 2.28. The Morgan fingerprint density at radius 1 is 0.842 bits per heavy atom. The summed E-state index contributed by atoms with van der Waals surface area (Å²) in [4.78, 5) is 17.7. The van der Waals surface area contributed by atoms with Crippen molar-refractivity contribution >= 4 is 56.7 Å². The Morgan fingerprint density at radius 3 is 2.00 bits per heavy atom. The molecule has 0 atom stereocenters. The van der Waals surface area contributed by atoms with Crippen LogP contribution in [0.4, 0.5) is 0 Å². The molecule has 1 aromatic heterocycles. The second-order valence-electron chi connectivity index (χ2n) is 9.63. The average molecular weight is 631 g/mol. The summed E-state index contributed by atoms with van der Waals surface area (Å²) < 4.78 is 9.13. The molecule has 38 heavy (non-hydrogen) atoms. The molecule has 0 N–H and O–H groups in total. The molecule has 6 heteroatoms. The number of aromatic nitrogens is 2. The highest BCUT2D eigenvalue weighted by Crippen LogP contribution is 2.55. The number of rotatable bonds is 8. The molecule has 4 aromatic carbocycles. The Hall–Kier alpha value is -3.02. The average Bonchev–Trinajstić information content (AvgIpc) is 3.44. The first-order valence-corrected chi connectivity index (χ1v) is 16.1. The van der Waals surface area contributed by atoms with Crippen LogP contribution in [0.2, 0.25) is 0 Å². The summed E-state index contributed by atoms with van der Waals surface area (Å²) in [6.45, 7) is 1.36. The smallest absolute Gasteiger partial charge is 0.261 e. The number of fused-ring (bicyclic) bond motifs is 2. The van der Waals surface area contributed by atoms with Gasteiger partial charge in [-0.2, -0.15) is 0 Å². The van der Waals surface area contributed by atoms with E-state index in [1.807, 2.05) is 16.7 Å².